The molecule has 48 heavy (non-hydrogen) atoms. The second-order valence-corrected chi connectivity index (χ2v) is 13.8. The molecule has 1 aliphatic carbocycles. The molecule has 7 aromatic rings. The number of aromatic nitrogens is 3. The Hall–Kier alpha value is -5.67. The van der Waals surface area contributed by atoms with Gasteiger partial charge in [-0.2, -0.15) is 0 Å². The van der Waals surface area contributed by atoms with Crippen LogP contribution in [0, 0.1) is 0 Å². The lowest BCUT2D eigenvalue weighted by atomic mass is 9.55. The Kier molecular flexibility index (Phi) is 7.14. The summed E-state index contributed by atoms with van der Waals surface area (Å²) < 4.78 is 0. The second kappa shape index (κ2) is 11.5. The fourth-order valence-electron chi connectivity index (χ4n) is 7.05. The van der Waals surface area contributed by atoms with E-state index in [1.165, 1.54) is 44.5 Å². The first kappa shape index (κ1) is 29.7. The monoisotopic (exact) mass is 619 g/mol. The normalized spacial score (nSPS) is 14.2. The maximum absolute atomic E-state index is 5.04. The molecule has 0 N–H and O–H groups in total. The summed E-state index contributed by atoms with van der Waals surface area (Å²) in [6, 6.07) is 53.6. The van der Waals surface area contributed by atoms with E-state index in [9.17, 15) is 0 Å². The molecule has 0 saturated heterocycles. The van der Waals surface area contributed by atoms with E-state index in [2.05, 4.69) is 143 Å². The van der Waals surface area contributed by atoms with Crippen molar-refractivity contribution in [3.05, 3.63) is 163 Å². The van der Waals surface area contributed by atoms with Crippen molar-refractivity contribution in [3.63, 3.8) is 0 Å². The van der Waals surface area contributed by atoms with E-state index in [0.717, 1.165) is 16.7 Å². The summed E-state index contributed by atoms with van der Waals surface area (Å²) in [5, 5.41) is 0. The molecule has 1 heterocycles. The van der Waals surface area contributed by atoms with Crippen LogP contribution in [0.1, 0.15) is 38.8 Å². The van der Waals surface area contributed by atoms with Gasteiger partial charge in [-0.3, -0.25) is 0 Å². The number of fused-ring (bicyclic) bond motifs is 3. The van der Waals surface area contributed by atoms with Gasteiger partial charge >= 0.3 is 0 Å². The molecular formula is C45H37N3. The Balaban J connectivity index is 1.27. The molecule has 0 saturated carbocycles. The van der Waals surface area contributed by atoms with Crippen LogP contribution in [0.4, 0.5) is 0 Å². The van der Waals surface area contributed by atoms with Gasteiger partial charge in [0, 0.05) is 16.7 Å². The van der Waals surface area contributed by atoms with Crippen molar-refractivity contribution in [3.8, 4) is 67.5 Å². The SMILES string of the molecule is CC1(C)c2ccc(-c3cccc(-c4ccccc4)c3)cc2-c2ccc(-c3nc(-c4ccccc4)nc(-c4ccccc4)n3)cc2C1(C)C. The fraction of sp³-hybridized carbons (Fsp3) is 0.133. The average molecular weight is 620 g/mol. The van der Waals surface area contributed by atoms with Gasteiger partial charge in [0.25, 0.3) is 0 Å². The third kappa shape index (κ3) is 5.03. The Morgan fingerprint density at radius 1 is 0.312 bits per heavy atom. The predicted octanol–water partition coefficient (Wildman–Crippen LogP) is 11.4. The molecule has 0 radical (unpaired) electrons. The molecule has 0 amide bonds. The van der Waals surface area contributed by atoms with Gasteiger partial charge < -0.3 is 0 Å². The highest BCUT2D eigenvalue weighted by Crippen LogP contribution is 2.55. The van der Waals surface area contributed by atoms with Crippen molar-refractivity contribution in [2.75, 3.05) is 0 Å². The second-order valence-electron chi connectivity index (χ2n) is 13.8. The number of benzene rings is 6. The highest BCUT2D eigenvalue weighted by Gasteiger charge is 2.46. The molecule has 0 unspecified atom stereocenters. The molecule has 0 aliphatic heterocycles. The molecule has 0 bridgehead atoms. The molecule has 0 atom stereocenters. The zero-order valence-corrected chi connectivity index (χ0v) is 27.8. The summed E-state index contributed by atoms with van der Waals surface area (Å²) in [5.41, 5.74) is 12.7. The van der Waals surface area contributed by atoms with Crippen LogP contribution in [0.25, 0.3) is 67.5 Å². The van der Waals surface area contributed by atoms with Gasteiger partial charge in [-0.25, -0.2) is 15.0 Å². The van der Waals surface area contributed by atoms with Gasteiger partial charge in [0.2, 0.25) is 0 Å². The van der Waals surface area contributed by atoms with E-state index in [0.29, 0.717) is 17.5 Å². The van der Waals surface area contributed by atoms with Gasteiger partial charge in [-0.05, 0) is 73.5 Å². The van der Waals surface area contributed by atoms with E-state index in [1.807, 2.05) is 36.4 Å². The molecule has 3 nitrogen and oxygen atoms in total. The largest absolute Gasteiger partial charge is 0.208 e. The zero-order valence-electron chi connectivity index (χ0n) is 27.8. The van der Waals surface area contributed by atoms with Crippen LogP contribution < -0.4 is 0 Å². The standard InChI is InChI=1S/C45H37N3/c1-44(2)39-26-24-35(34-22-14-21-33(27-34)30-15-8-5-9-16-30)28-38(39)37-25-23-36(29-40(37)45(44,3)4)43-47-41(31-17-10-6-11-18-31)46-42(48-43)32-19-12-7-13-20-32/h5-29H,1-4H3. The van der Waals surface area contributed by atoms with Crippen molar-refractivity contribution in [2.24, 2.45) is 0 Å². The first-order valence-corrected chi connectivity index (χ1v) is 16.6. The topological polar surface area (TPSA) is 38.7 Å². The number of hydrogen-bond donors (Lipinski definition) is 0. The summed E-state index contributed by atoms with van der Waals surface area (Å²) in [6.07, 6.45) is 0. The number of hydrogen-bond acceptors (Lipinski definition) is 3. The molecule has 232 valence electrons. The van der Waals surface area contributed by atoms with Crippen LogP contribution in [0.3, 0.4) is 0 Å². The molecule has 6 aromatic carbocycles. The third-order valence-corrected chi connectivity index (χ3v) is 10.5. The van der Waals surface area contributed by atoms with Crippen molar-refractivity contribution in [2.45, 2.75) is 38.5 Å². The van der Waals surface area contributed by atoms with Gasteiger partial charge in [0.15, 0.2) is 17.5 Å². The van der Waals surface area contributed by atoms with Gasteiger partial charge in [-0.15, -0.1) is 0 Å². The third-order valence-electron chi connectivity index (χ3n) is 10.5. The van der Waals surface area contributed by atoms with E-state index < -0.39 is 0 Å². The Morgan fingerprint density at radius 3 is 1.33 bits per heavy atom. The lowest BCUT2D eigenvalue weighted by Crippen LogP contribution is -2.43. The number of nitrogens with zero attached hydrogens (tertiary/aromatic N) is 3. The van der Waals surface area contributed by atoms with Crippen molar-refractivity contribution >= 4 is 0 Å². The van der Waals surface area contributed by atoms with Crippen LogP contribution >= 0.6 is 0 Å². The van der Waals surface area contributed by atoms with E-state index in [1.54, 1.807) is 0 Å². The molecular weight excluding hydrogens is 583 g/mol. The summed E-state index contributed by atoms with van der Waals surface area (Å²) in [6.45, 7) is 9.49. The van der Waals surface area contributed by atoms with Crippen LogP contribution in [-0.2, 0) is 10.8 Å². The Morgan fingerprint density at radius 2 is 0.750 bits per heavy atom. The van der Waals surface area contributed by atoms with Crippen molar-refractivity contribution in [1.82, 2.24) is 15.0 Å². The lowest BCUT2D eigenvalue weighted by Gasteiger charge is -2.48. The maximum atomic E-state index is 5.04. The van der Waals surface area contributed by atoms with Crippen LogP contribution in [0.15, 0.2) is 152 Å². The van der Waals surface area contributed by atoms with Crippen molar-refractivity contribution in [1.29, 1.82) is 0 Å². The summed E-state index contributed by atoms with van der Waals surface area (Å²) >= 11 is 0. The Labute approximate surface area is 283 Å². The molecule has 1 aliphatic rings. The quantitative estimate of drug-likeness (QED) is 0.192. The van der Waals surface area contributed by atoms with Gasteiger partial charge in [0.1, 0.15) is 0 Å². The molecule has 3 heteroatoms. The minimum Gasteiger partial charge on any atom is -0.208 e. The van der Waals surface area contributed by atoms with E-state index in [-0.39, 0.29) is 10.8 Å². The smallest absolute Gasteiger partial charge is 0.164 e. The molecule has 8 rings (SSSR count). The lowest BCUT2D eigenvalue weighted by molar-refractivity contribution is 0.299. The summed E-state index contributed by atoms with van der Waals surface area (Å²) in [7, 11) is 0. The molecule has 1 aromatic heterocycles. The Bertz CT molecular complexity index is 2210. The van der Waals surface area contributed by atoms with Crippen LogP contribution in [0.2, 0.25) is 0 Å². The van der Waals surface area contributed by atoms with E-state index in [4.69, 9.17) is 15.0 Å². The van der Waals surface area contributed by atoms with E-state index >= 15 is 0 Å². The van der Waals surface area contributed by atoms with Crippen LogP contribution in [0.5, 0.6) is 0 Å². The van der Waals surface area contributed by atoms with Crippen LogP contribution in [-0.4, -0.2) is 15.0 Å². The maximum Gasteiger partial charge on any atom is 0.164 e. The highest BCUT2D eigenvalue weighted by atomic mass is 15.0. The number of rotatable bonds is 5. The summed E-state index contributed by atoms with van der Waals surface area (Å²) in [5.74, 6) is 2.02. The first-order chi connectivity index (χ1) is 23.3. The zero-order chi connectivity index (χ0) is 32.9. The molecule has 0 fully saturated rings. The summed E-state index contributed by atoms with van der Waals surface area (Å²) in [4.78, 5) is 15.0. The minimum absolute atomic E-state index is 0.123. The molecule has 0 spiro atoms. The minimum atomic E-state index is -0.155. The highest BCUT2D eigenvalue weighted by molar-refractivity contribution is 5.84. The van der Waals surface area contributed by atoms with Gasteiger partial charge in [0.05, 0.1) is 0 Å². The van der Waals surface area contributed by atoms with Crippen molar-refractivity contribution < 1.29 is 0 Å². The predicted molar refractivity (Wildman–Crippen MR) is 198 cm³/mol. The first-order valence-electron chi connectivity index (χ1n) is 16.6. The fourth-order valence-corrected chi connectivity index (χ4v) is 7.05. The average Bonchev–Trinajstić information content (AvgIpc) is 3.15. The van der Waals surface area contributed by atoms with Gasteiger partial charge in [-0.1, -0.05) is 161 Å².